The van der Waals surface area contributed by atoms with Gasteiger partial charge in [-0.15, -0.1) is 0 Å². The number of halogens is 4. The van der Waals surface area contributed by atoms with Gasteiger partial charge in [-0.05, 0) is 67.9 Å². The lowest BCUT2D eigenvalue weighted by atomic mass is 9.68. The van der Waals surface area contributed by atoms with Crippen molar-refractivity contribution >= 4 is 11.6 Å². The Bertz CT molecular complexity index is 518. The van der Waals surface area contributed by atoms with E-state index in [1.807, 2.05) is 0 Å². The van der Waals surface area contributed by atoms with Crippen LogP contribution in [0.3, 0.4) is 0 Å². The number of alkyl halides is 1. The summed E-state index contributed by atoms with van der Waals surface area (Å²) in [5.74, 6) is 2.40. The number of rotatable bonds is 4. The third kappa shape index (κ3) is 6.79. The Morgan fingerprint density at radius 2 is 1.42 bits per heavy atom. The third-order valence-electron chi connectivity index (χ3n) is 6.43. The first kappa shape index (κ1) is 21.6. The van der Waals surface area contributed by atoms with Gasteiger partial charge in [-0.3, -0.25) is 4.39 Å². The molecular formula is C22H32ClF3. The van der Waals surface area contributed by atoms with E-state index in [2.05, 4.69) is 6.92 Å². The molecule has 0 aliphatic heterocycles. The van der Waals surface area contributed by atoms with Crippen LogP contribution in [0.1, 0.15) is 71.1 Å². The Kier molecular flexibility index (Phi) is 9.31. The van der Waals surface area contributed by atoms with Crippen molar-refractivity contribution < 1.29 is 13.2 Å². The van der Waals surface area contributed by atoms with E-state index in [1.165, 1.54) is 63.9 Å². The lowest BCUT2D eigenvalue weighted by molar-refractivity contribution is 0.140. The molecule has 1 aromatic carbocycles. The summed E-state index contributed by atoms with van der Waals surface area (Å²) in [6.45, 7) is 2.24. The van der Waals surface area contributed by atoms with E-state index in [-0.39, 0.29) is 11.7 Å². The second-order valence-corrected chi connectivity index (χ2v) is 8.41. The van der Waals surface area contributed by atoms with Gasteiger partial charge in [0.05, 0.1) is 11.7 Å². The van der Waals surface area contributed by atoms with Crippen molar-refractivity contribution in [1.82, 2.24) is 0 Å². The fourth-order valence-corrected chi connectivity index (χ4v) is 4.76. The van der Waals surface area contributed by atoms with Crippen molar-refractivity contribution in [3.05, 3.63) is 34.9 Å². The van der Waals surface area contributed by atoms with Gasteiger partial charge in [-0.25, -0.2) is 8.78 Å². The number of hydrogen-bond acceptors (Lipinski definition) is 0. The molecule has 0 atom stereocenters. The molecule has 2 fully saturated rings. The van der Waals surface area contributed by atoms with E-state index >= 15 is 0 Å². The summed E-state index contributed by atoms with van der Waals surface area (Å²) in [6.07, 6.45) is 13.5. The largest absolute Gasteiger partial charge is 0.251 e. The minimum atomic E-state index is -0.725. The summed E-state index contributed by atoms with van der Waals surface area (Å²) in [5, 5.41) is -0.0589. The Hall–Kier alpha value is -0.700. The Labute approximate surface area is 161 Å². The maximum Gasteiger partial charge on any atom is 0.144 e. The summed E-state index contributed by atoms with van der Waals surface area (Å²) in [5.41, 5.74) is 0. The van der Waals surface area contributed by atoms with Crippen LogP contribution in [-0.4, -0.2) is 6.67 Å². The van der Waals surface area contributed by atoms with Crippen LogP contribution in [0.15, 0.2) is 18.2 Å². The first-order chi connectivity index (χ1) is 12.5. The van der Waals surface area contributed by atoms with Gasteiger partial charge in [0.25, 0.3) is 0 Å². The number of hydrogen-bond donors (Lipinski definition) is 0. The SMILES string of the molecule is CCC1CCC(C2CCC(CCF)CC2)CC1.Fc1ccc(Cl)c(F)c1. The van der Waals surface area contributed by atoms with Crippen LogP contribution < -0.4 is 0 Å². The van der Waals surface area contributed by atoms with E-state index in [0.29, 0.717) is 5.92 Å². The van der Waals surface area contributed by atoms with Crippen molar-refractivity contribution in [2.75, 3.05) is 6.67 Å². The Morgan fingerprint density at radius 3 is 1.85 bits per heavy atom. The molecule has 0 N–H and O–H groups in total. The van der Waals surface area contributed by atoms with Crippen molar-refractivity contribution in [2.24, 2.45) is 23.7 Å². The first-order valence-electron chi connectivity index (χ1n) is 10.2. The molecule has 0 saturated heterocycles. The molecule has 0 unspecified atom stereocenters. The summed E-state index contributed by atoms with van der Waals surface area (Å²) in [7, 11) is 0. The monoisotopic (exact) mass is 388 g/mol. The second kappa shape index (κ2) is 11.2. The molecule has 0 nitrogen and oxygen atoms in total. The fraction of sp³-hybridized carbons (Fsp3) is 0.727. The highest BCUT2D eigenvalue weighted by atomic mass is 35.5. The highest BCUT2D eigenvalue weighted by Gasteiger charge is 2.30. The van der Waals surface area contributed by atoms with Gasteiger partial charge in [0.2, 0.25) is 0 Å². The molecule has 4 heteroatoms. The smallest absolute Gasteiger partial charge is 0.144 e. The minimum absolute atomic E-state index is 0.0589. The van der Waals surface area contributed by atoms with Gasteiger partial charge < -0.3 is 0 Å². The van der Waals surface area contributed by atoms with Crippen LogP contribution in [0.4, 0.5) is 13.2 Å². The average molecular weight is 389 g/mol. The topological polar surface area (TPSA) is 0 Å². The average Bonchev–Trinajstić information content (AvgIpc) is 2.66. The zero-order valence-electron chi connectivity index (χ0n) is 15.8. The molecule has 148 valence electrons. The predicted octanol–water partition coefficient (Wildman–Crippen LogP) is 7.99. The number of benzene rings is 1. The van der Waals surface area contributed by atoms with Gasteiger partial charge >= 0.3 is 0 Å². The highest BCUT2D eigenvalue weighted by molar-refractivity contribution is 6.30. The highest BCUT2D eigenvalue weighted by Crippen LogP contribution is 2.42. The van der Waals surface area contributed by atoms with Crippen LogP contribution in [0, 0.1) is 35.3 Å². The van der Waals surface area contributed by atoms with Crippen LogP contribution in [0.5, 0.6) is 0 Å². The quantitative estimate of drug-likeness (QED) is 0.458. The fourth-order valence-electron chi connectivity index (χ4n) is 4.64. The molecule has 0 heterocycles. The van der Waals surface area contributed by atoms with E-state index in [9.17, 15) is 13.2 Å². The molecule has 0 radical (unpaired) electrons. The summed E-state index contributed by atoms with van der Waals surface area (Å²) < 4.78 is 36.6. The molecule has 3 rings (SSSR count). The molecular weight excluding hydrogens is 357 g/mol. The van der Waals surface area contributed by atoms with E-state index in [1.54, 1.807) is 0 Å². The molecule has 0 spiro atoms. The standard InChI is InChI=1S/C16H29F.C6H3ClF2/c1-2-13-3-7-15(8-4-13)16-9-5-14(6-10-16)11-12-17;7-5-2-1-4(8)3-6(5)9/h13-16H,2-12H2,1H3;1-3H. The van der Waals surface area contributed by atoms with Gasteiger partial charge in [-0.1, -0.05) is 50.6 Å². The maximum atomic E-state index is 12.3. The molecule has 0 aromatic heterocycles. The Balaban J connectivity index is 0.000000228. The molecule has 26 heavy (non-hydrogen) atoms. The van der Waals surface area contributed by atoms with E-state index in [4.69, 9.17) is 11.6 Å². The van der Waals surface area contributed by atoms with E-state index < -0.39 is 11.6 Å². The summed E-state index contributed by atoms with van der Waals surface area (Å²) in [4.78, 5) is 0. The molecule has 2 saturated carbocycles. The van der Waals surface area contributed by atoms with Crippen LogP contribution in [-0.2, 0) is 0 Å². The molecule has 1 aromatic rings. The normalized spacial score (nSPS) is 29.0. The molecule has 0 amide bonds. The van der Waals surface area contributed by atoms with Crippen molar-refractivity contribution in [3.8, 4) is 0 Å². The van der Waals surface area contributed by atoms with Gasteiger partial charge in [0.1, 0.15) is 11.6 Å². The molecule has 2 aliphatic rings. The summed E-state index contributed by atoms with van der Waals surface area (Å²) in [6, 6.07) is 3.01. The lowest BCUT2D eigenvalue weighted by Crippen LogP contribution is -2.25. The van der Waals surface area contributed by atoms with Gasteiger partial charge in [0.15, 0.2) is 0 Å². The Morgan fingerprint density at radius 1 is 0.885 bits per heavy atom. The van der Waals surface area contributed by atoms with Crippen LogP contribution >= 0.6 is 11.6 Å². The maximum absolute atomic E-state index is 12.3. The molecule has 0 bridgehead atoms. The zero-order chi connectivity index (χ0) is 18.9. The second-order valence-electron chi connectivity index (χ2n) is 8.01. The predicted molar refractivity (Wildman–Crippen MR) is 103 cm³/mol. The van der Waals surface area contributed by atoms with Gasteiger partial charge in [-0.2, -0.15) is 0 Å². The summed E-state index contributed by atoms with van der Waals surface area (Å²) >= 11 is 5.24. The third-order valence-corrected chi connectivity index (χ3v) is 6.73. The lowest BCUT2D eigenvalue weighted by Gasteiger charge is -2.37. The van der Waals surface area contributed by atoms with Crippen molar-refractivity contribution in [1.29, 1.82) is 0 Å². The van der Waals surface area contributed by atoms with E-state index in [0.717, 1.165) is 36.3 Å². The molecule has 2 aliphatic carbocycles. The zero-order valence-corrected chi connectivity index (χ0v) is 16.6. The minimum Gasteiger partial charge on any atom is -0.251 e. The van der Waals surface area contributed by atoms with Crippen LogP contribution in [0.2, 0.25) is 5.02 Å². The van der Waals surface area contributed by atoms with Crippen molar-refractivity contribution in [2.45, 2.75) is 71.1 Å². The van der Waals surface area contributed by atoms with Crippen molar-refractivity contribution in [3.63, 3.8) is 0 Å². The van der Waals surface area contributed by atoms with Crippen LogP contribution in [0.25, 0.3) is 0 Å². The van der Waals surface area contributed by atoms with Gasteiger partial charge in [0, 0.05) is 6.07 Å². The first-order valence-corrected chi connectivity index (χ1v) is 10.6.